The molecule has 0 saturated heterocycles. The molecule has 0 bridgehead atoms. The minimum absolute atomic E-state index is 0.173. The number of benzene rings is 1. The van der Waals surface area contributed by atoms with E-state index in [0.29, 0.717) is 13.2 Å². The zero-order valence-corrected chi connectivity index (χ0v) is 15.8. The van der Waals surface area contributed by atoms with E-state index in [1.165, 1.54) is 5.56 Å². The van der Waals surface area contributed by atoms with Crippen LogP contribution in [0.1, 0.15) is 63.9 Å². The van der Waals surface area contributed by atoms with Gasteiger partial charge in [-0.15, -0.1) is 0 Å². The number of rotatable bonds is 10. The van der Waals surface area contributed by atoms with Crippen molar-refractivity contribution in [2.75, 3.05) is 13.2 Å². The molecule has 1 aromatic carbocycles. The zero-order valence-electron chi connectivity index (χ0n) is 15.8. The fourth-order valence-corrected chi connectivity index (χ4v) is 2.64. The van der Waals surface area contributed by atoms with Crippen molar-refractivity contribution in [2.45, 2.75) is 52.6 Å². The molecule has 0 aliphatic heterocycles. The number of aromatic nitrogens is 1. The predicted molar refractivity (Wildman–Crippen MR) is 102 cm³/mol. The van der Waals surface area contributed by atoms with Crippen LogP contribution in [-0.2, 0) is 0 Å². The van der Waals surface area contributed by atoms with Crippen molar-refractivity contribution in [1.82, 2.24) is 10.3 Å². The summed E-state index contributed by atoms with van der Waals surface area (Å²) in [6.45, 7) is 9.89. The summed E-state index contributed by atoms with van der Waals surface area (Å²) in [6, 6.07) is 12.6. The monoisotopic (exact) mass is 342 g/mol. The van der Waals surface area contributed by atoms with Crippen LogP contribution < -0.4 is 14.8 Å². The summed E-state index contributed by atoms with van der Waals surface area (Å²) in [5.41, 5.74) is 2.22. The Morgan fingerprint density at radius 2 is 1.64 bits per heavy atom. The first-order valence-corrected chi connectivity index (χ1v) is 9.22. The highest BCUT2D eigenvalue weighted by Crippen LogP contribution is 2.31. The average Bonchev–Trinajstić information content (AvgIpc) is 2.65. The fourth-order valence-electron chi connectivity index (χ4n) is 2.64. The first kappa shape index (κ1) is 19.3. The molecule has 1 aromatic heterocycles. The maximum atomic E-state index is 5.90. The third kappa shape index (κ3) is 5.75. The van der Waals surface area contributed by atoms with Gasteiger partial charge in [0.1, 0.15) is 0 Å². The highest BCUT2D eigenvalue weighted by atomic mass is 16.5. The molecule has 0 aliphatic rings. The number of ether oxygens (including phenoxy) is 2. The smallest absolute Gasteiger partial charge is 0.161 e. The highest BCUT2D eigenvalue weighted by molar-refractivity contribution is 5.44. The quantitative estimate of drug-likeness (QED) is 0.654. The van der Waals surface area contributed by atoms with E-state index in [1.54, 1.807) is 0 Å². The SMILES string of the molecule is CCCOc1ccc(C(C)NC(C)c2ccccn2)cc1OCCC. The number of hydrogen-bond donors (Lipinski definition) is 1. The van der Waals surface area contributed by atoms with Crippen LogP contribution in [0.25, 0.3) is 0 Å². The summed E-state index contributed by atoms with van der Waals surface area (Å²) in [4.78, 5) is 4.42. The molecule has 2 aromatic rings. The third-order valence-electron chi connectivity index (χ3n) is 4.02. The summed E-state index contributed by atoms with van der Waals surface area (Å²) in [6.07, 6.45) is 3.78. The Balaban J connectivity index is 2.11. The summed E-state index contributed by atoms with van der Waals surface area (Å²) >= 11 is 0. The minimum atomic E-state index is 0.173. The fraction of sp³-hybridized carbons (Fsp3) is 0.476. The summed E-state index contributed by atoms with van der Waals surface area (Å²) in [5, 5.41) is 3.60. The lowest BCUT2D eigenvalue weighted by Gasteiger charge is -2.21. The highest BCUT2D eigenvalue weighted by Gasteiger charge is 2.14. The van der Waals surface area contributed by atoms with Gasteiger partial charge in [-0.3, -0.25) is 4.98 Å². The van der Waals surface area contributed by atoms with E-state index >= 15 is 0 Å². The standard InChI is InChI=1S/C21H30N2O2/c1-5-13-24-20-11-10-18(15-21(20)25-14-6-2)16(3)23-17(4)19-9-7-8-12-22-19/h7-12,15-17,23H,5-6,13-14H2,1-4H3. The summed E-state index contributed by atoms with van der Waals surface area (Å²) in [5.74, 6) is 1.65. The van der Waals surface area contributed by atoms with Gasteiger partial charge in [0.25, 0.3) is 0 Å². The molecule has 1 heterocycles. The van der Waals surface area contributed by atoms with Crippen molar-refractivity contribution in [2.24, 2.45) is 0 Å². The van der Waals surface area contributed by atoms with Crippen molar-refractivity contribution in [3.8, 4) is 11.5 Å². The normalized spacial score (nSPS) is 13.3. The Bertz CT molecular complexity index is 631. The molecule has 25 heavy (non-hydrogen) atoms. The molecule has 1 N–H and O–H groups in total. The van der Waals surface area contributed by atoms with Crippen molar-refractivity contribution in [1.29, 1.82) is 0 Å². The molecule has 0 aliphatic carbocycles. The second kappa shape index (κ2) is 10.0. The van der Waals surface area contributed by atoms with Gasteiger partial charge in [0, 0.05) is 18.3 Å². The van der Waals surface area contributed by atoms with Gasteiger partial charge < -0.3 is 14.8 Å². The molecule has 2 unspecified atom stereocenters. The van der Waals surface area contributed by atoms with E-state index in [1.807, 2.05) is 30.5 Å². The lowest BCUT2D eigenvalue weighted by atomic mass is 10.1. The van der Waals surface area contributed by atoms with Gasteiger partial charge >= 0.3 is 0 Å². The number of nitrogens with one attached hydrogen (secondary N) is 1. The molecular formula is C21H30N2O2. The van der Waals surface area contributed by atoms with Gasteiger partial charge in [0.15, 0.2) is 11.5 Å². The van der Waals surface area contributed by atoms with Gasteiger partial charge in [0.05, 0.1) is 18.9 Å². The van der Waals surface area contributed by atoms with Crippen LogP contribution in [0, 0.1) is 0 Å². The van der Waals surface area contributed by atoms with Gasteiger partial charge in [-0.25, -0.2) is 0 Å². The van der Waals surface area contributed by atoms with Gasteiger partial charge in [-0.05, 0) is 56.5 Å². The second-order valence-electron chi connectivity index (χ2n) is 6.27. The number of nitrogens with zero attached hydrogens (tertiary/aromatic N) is 1. The van der Waals surface area contributed by atoms with Crippen LogP contribution in [0.4, 0.5) is 0 Å². The zero-order chi connectivity index (χ0) is 18.1. The molecule has 0 radical (unpaired) electrons. The molecule has 2 atom stereocenters. The van der Waals surface area contributed by atoms with Crippen LogP contribution in [-0.4, -0.2) is 18.2 Å². The molecule has 4 nitrogen and oxygen atoms in total. The molecular weight excluding hydrogens is 312 g/mol. The molecule has 136 valence electrons. The van der Waals surface area contributed by atoms with Crippen LogP contribution in [0.2, 0.25) is 0 Å². The molecule has 4 heteroatoms. The van der Waals surface area contributed by atoms with E-state index in [-0.39, 0.29) is 12.1 Å². The third-order valence-corrected chi connectivity index (χ3v) is 4.02. The van der Waals surface area contributed by atoms with Crippen LogP contribution in [0.15, 0.2) is 42.6 Å². The Morgan fingerprint density at radius 1 is 0.920 bits per heavy atom. The van der Waals surface area contributed by atoms with Gasteiger partial charge in [-0.2, -0.15) is 0 Å². The lowest BCUT2D eigenvalue weighted by Crippen LogP contribution is -2.23. The first-order chi connectivity index (χ1) is 12.2. The van der Waals surface area contributed by atoms with Crippen LogP contribution >= 0.6 is 0 Å². The van der Waals surface area contributed by atoms with E-state index < -0.39 is 0 Å². The summed E-state index contributed by atoms with van der Waals surface area (Å²) in [7, 11) is 0. The number of hydrogen-bond acceptors (Lipinski definition) is 4. The van der Waals surface area contributed by atoms with E-state index in [0.717, 1.165) is 30.0 Å². The molecule has 2 rings (SSSR count). The van der Waals surface area contributed by atoms with E-state index in [2.05, 4.69) is 50.1 Å². The van der Waals surface area contributed by atoms with Crippen LogP contribution in [0.5, 0.6) is 11.5 Å². The average molecular weight is 342 g/mol. The van der Waals surface area contributed by atoms with Gasteiger partial charge in [-0.1, -0.05) is 26.0 Å². The Hall–Kier alpha value is -2.07. The molecule has 0 fully saturated rings. The molecule has 0 spiro atoms. The summed E-state index contributed by atoms with van der Waals surface area (Å²) < 4.78 is 11.7. The Morgan fingerprint density at radius 3 is 2.28 bits per heavy atom. The van der Waals surface area contributed by atoms with E-state index in [4.69, 9.17) is 9.47 Å². The lowest BCUT2D eigenvalue weighted by molar-refractivity contribution is 0.268. The van der Waals surface area contributed by atoms with Gasteiger partial charge in [0.2, 0.25) is 0 Å². The predicted octanol–water partition coefficient (Wildman–Crippen LogP) is 5.07. The Labute approximate surface area is 151 Å². The second-order valence-corrected chi connectivity index (χ2v) is 6.27. The van der Waals surface area contributed by atoms with Crippen molar-refractivity contribution < 1.29 is 9.47 Å². The maximum absolute atomic E-state index is 5.90. The number of pyridine rings is 1. The molecule has 0 amide bonds. The van der Waals surface area contributed by atoms with E-state index in [9.17, 15) is 0 Å². The topological polar surface area (TPSA) is 43.4 Å². The van der Waals surface area contributed by atoms with Crippen molar-refractivity contribution in [3.63, 3.8) is 0 Å². The minimum Gasteiger partial charge on any atom is -0.490 e. The maximum Gasteiger partial charge on any atom is 0.161 e. The largest absolute Gasteiger partial charge is 0.490 e. The van der Waals surface area contributed by atoms with Crippen molar-refractivity contribution >= 4 is 0 Å². The first-order valence-electron chi connectivity index (χ1n) is 9.22. The van der Waals surface area contributed by atoms with Crippen LogP contribution in [0.3, 0.4) is 0 Å². The molecule has 0 saturated carbocycles. The Kier molecular flexibility index (Phi) is 7.74. The van der Waals surface area contributed by atoms with Crippen molar-refractivity contribution in [3.05, 3.63) is 53.9 Å².